The van der Waals surface area contributed by atoms with Crippen LogP contribution in [0, 0.1) is 6.92 Å². The smallest absolute Gasteiger partial charge is 0.244 e. The van der Waals surface area contributed by atoms with E-state index in [0.717, 1.165) is 6.42 Å². The lowest BCUT2D eigenvalue weighted by molar-refractivity contribution is -0.114. The second-order valence-electron chi connectivity index (χ2n) is 3.64. The van der Waals surface area contributed by atoms with E-state index in [0.29, 0.717) is 12.0 Å². The quantitative estimate of drug-likeness (QED) is 0.750. The summed E-state index contributed by atoms with van der Waals surface area (Å²) in [6.07, 6.45) is 3.38. The van der Waals surface area contributed by atoms with E-state index in [1.807, 2.05) is 19.1 Å². The summed E-state index contributed by atoms with van der Waals surface area (Å²) in [5.74, 6) is -0.315. The zero-order valence-corrected chi connectivity index (χ0v) is 9.29. The third-order valence-corrected chi connectivity index (χ3v) is 2.36. The number of hydrogen-bond acceptors (Lipinski definition) is 1. The van der Waals surface area contributed by atoms with Gasteiger partial charge in [0.05, 0.1) is 0 Å². The Morgan fingerprint density at radius 1 is 1.47 bits per heavy atom. The molecule has 2 N–H and O–H groups in total. The van der Waals surface area contributed by atoms with E-state index in [1.165, 1.54) is 11.1 Å². The summed E-state index contributed by atoms with van der Waals surface area (Å²) in [7, 11) is 0. The Morgan fingerprint density at radius 3 is 2.73 bits per heavy atom. The van der Waals surface area contributed by atoms with Gasteiger partial charge in [0.25, 0.3) is 0 Å². The van der Waals surface area contributed by atoms with Gasteiger partial charge in [0.15, 0.2) is 0 Å². The highest BCUT2D eigenvalue weighted by Gasteiger charge is 2.00. The summed E-state index contributed by atoms with van der Waals surface area (Å²) in [6.45, 7) is 3.99. The lowest BCUT2D eigenvalue weighted by Gasteiger charge is -2.01. The summed E-state index contributed by atoms with van der Waals surface area (Å²) in [5.41, 5.74) is 8.38. The van der Waals surface area contributed by atoms with Gasteiger partial charge in [0, 0.05) is 5.57 Å². The number of carbonyl (C=O) groups is 1. The first kappa shape index (κ1) is 11.5. The van der Waals surface area contributed by atoms with Crippen molar-refractivity contribution >= 4 is 5.91 Å². The van der Waals surface area contributed by atoms with E-state index in [-0.39, 0.29) is 5.91 Å². The number of aryl methyl sites for hydroxylation is 1. The van der Waals surface area contributed by atoms with Crippen molar-refractivity contribution in [2.75, 3.05) is 0 Å². The largest absolute Gasteiger partial charge is 0.366 e. The molecule has 2 heteroatoms. The van der Waals surface area contributed by atoms with Crippen molar-refractivity contribution in [3.05, 3.63) is 47.0 Å². The maximum Gasteiger partial charge on any atom is 0.244 e. The Kier molecular flexibility index (Phi) is 4.10. The molecular formula is C13H17NO. The molecule has 15 heavy (non-hydrogen) atoms. The second kappa shape index (κ2) is 5.35. The van der Waals surface area contributed by atoms with E-state index in [2.05, 4.69) is 25.1 Å². The monoisotopic (exact) mass is 203 g/mol. The molecular weight excluding hydrogens is 186 g/mol. The van der Waals surface area contributed by atoms with Crippen molar-refractivity contribution < 1.29 is 4.79 Å². The van der Waals surface area contributed by atoms with E-state index < -0.39 is 0 Å². The van der Waals surface area contributed by atoms with Crippen molar-refractivity contribution in [1.82, 2.24) is 0 Å². The van der Waals surface area contributed by atoms with Crippen LogP contribution in [0.4, 0.5) is 0 Å². The van der Waals surface area contributed by atoms with Gasteiger partial charge in [-0.05, 0) is 25.3 Å². The average Bonchev–Trinajstić information content (AvgIpc) is 2.18. The van der Waals surface area contributed by atoms with Crippen LogP contribution in [0.2, 0.25) is 0 Å². The lowest BCUT2D eigenvalue weighted by atomic mass is 10.1. The standard InChI is InChI=1S/C13H17NO/c1-3-12(13(14)15)8-7-11-6-4-5-10(2)9-11/h4-6,8-9H,3,7H2,1-2H3,(H2,14,15)/b12-8+. The number of carbonyl (C=O) groups excluding carboxylic acids is 1. The minimum Gasteiger partial charge on any atom is -0.366 e. The molecule has 0 bridgehead atoms. The summed E-state index contributed by atoms with van der Waals surface area (Å²) in [5, 5.41) is 0. The topological polar surface area (TPSA) is 43.1 Å². The van der Waals surface area contributed by atoms with Gasteiger partial charge in [0.2, 0.25) is 5.91 Å². The van der Waals surface area contributed by atoms with Crippen molar-refractivity contribution in [2.45, 2.75) is 26.7 Å². The van der Waals surface area contributed by atoms with E-state index in [4.69, 9.17) is 5.73 Å². The van der Waals surface area contributed by atoms with E-state index in [9.17, 15) is 4.79 Å². The Hall–Kier alpha value is -1.57. The molecule has 1 aromatic carbocycles. The summed E-state index contributed by atoms with van der Waals surface area (Å²) in [4.78, 5) is 11.0. The Morgan fingerprint density at radius 2 is 2.20 bits per heavy atom. The first-order valence-electron chi connectivity index (χ1n) is 5.18. The minimum absolute atomic E-state index is 0.315. The van der Waals surface area contributed by atoms with Crippen LogP contribution in [-0.4, -0.2) is 5.91 Å². The van der Waals surface area contributed by atoms with Crippen LogP contribution in [0.25, 0.3) is 0 Å². The van der Waals surface area contributed by atoms with Gasteiger partial charge in [-0.25, -0.2) is 0 Å². The minimum atomic E-state index is -0.315. The van der Waals surface area contributed by atoms with Crippen LogP contribution in [0.15, 0.2) is 35.9 Å². The van der Waals surface area contributed by atoms with Gasteiger partial charge < -0.3 is 5.73 Å². The molecule has 0 radical (unpaired) electrons. The zero-order chi connectivity index (χ0) is 11.3. The first-order valence-corrected chi connectivity index (χ1v) is 5.18. The SMILES string of the molecule is CC/C(=C\Cc1cccc(C)c1)C(N)=O. The number of primary amides is 1. The third-order valence-electron chi connectivity index (χ3n) is 2.36. The lowest BCUT2D eigenvalue weighted by Crippen LogP contribution is -2.13. The van der Waals surface area contributed by atoms with Gasteiger partial charge in [-0.2, -0.15) is 0 Å². The maximum absolute atomic E-state index is 11.0. The summed E-state index contributed by atoms with van der Waals surface area (Å²) in [6, 6.07) is 8.25. The maximum atomic E-state index is 11.0. The molecule has 0 saturated carbocycles. The van der Waals surface area contributed by atoms with E-state index >= 15 is 0 Å². The molecule has 0 heterocycles. The molecule has 1 amide bonds. The van der Waals surface area contributed by atoms with Crippen molar-refractivity contribution in [1.29, 1.82) is 0 Å². The van der Waals surface area contributed by atoms with E-state index in [1.54, 1.807) is 0 Å². The van der Waals surface area contributed by atoms with Crippen LogP contribution >= 0.6 is 0 Å². The van der Waals surface area contributed by atoms with Crippen molar-refractivity contribution in [3.8, 4) is 0 Å². The first-order chi connectivity index (χ1) is 7.13. The normalized spacial score (nSPS) is 11.5. The molecule has 1 aromatic rings. The molecule has 0 aromatic heterocycles. The summed E-state index contributed by atoms with van der Waals surface area (Å²) >= 11 is 0. The Labute approximate surface area is 90.8 Å². The van der Waals surface area contributed by atoms with Crippen molar-refractivity contribution in [3.63, 3.8) is 0 Å². The fraction of sp³-hybridized carbons (Fsp3) is 0.308. The highest BCUT2D eigenvalue weighted by molar-refractivity contribution is 5.91. The molecule has 0 saturated heterocycles. The average molecular weight is 203 g/mol. The molecule has 0 aliphatic heterocycles. The van der Waals surface area contributed by atoms with Gasteiger partial charge in [-0.3, -0.25) is 4.79 Å². The molecule has 80 valence electrons. The predicted molar refractivity (Wildman–Crippen MR) is 62.5 cm³/mol. The van der Waals surface area contributed by atoms with Crippen LogP contribution in [0.5, 0.6) is 0 Å². The zero-order valence-electron chi connectivity index (χ0n) is 9.29. The Bertz CT molecular complexity index is 380. The number of amides is 1. The fourth-order valence-electron chi connectivity index (χ4n) is 1.50. The number of benzene rings is 1. The number of rotatable bonds is 4. The van der Waals surface area contributed by atoms with Gasteiger partial charge >= 0.3 is 0 Å². The molecule has 0 aliphatic carbocycles. The van der Waals surface area contributed by atoms with Crippen LogP contribution in [0.1, 0.15) is 24.5 Å². The molecule has 0 unspecified atom stereocenters. The van der Waals surface area contributed by atoms with Gasteiger partial charge in [-0.1, -0.05) is 42.8 Å². The third kappa shape index (κ3) is 3.58. The number of allylic oxidation sites excluding steroid dienone is 1. The molecule has 0 aliphatic rings. The van der Waals surface area contributed by atoms with Crippen LogP contribution in [0.3, 0.4) is 0 Å². The molecule has 0 atom stereocenters. The fourth-order valence-corrected chi connectivity index (χ4v) is 1.50. The Balaban J connectivity index is 2.74. The van der Waals surface area contributed by atoms with Crippen LogP contribution in [-0.2, 0) is 11.2 Å². The predicted octanol–water partition coefficient (Wildman–Crippen LogP) is 2.36. The number of hydrogen-bond donors (Lipinski definition) is 1. The molecule has 0 spiro atoms. The second-order valence-corrected chi connectivity index (χ2v) is 3.64. The molecule has 1 rings (SSSR count). The highest BCUT2D eigenvalue weighted by atomic mass is 16.1. The molecule has 0 fully saturated rings. The van der Waals surface area contributed by atoms with Crippen LogP contribution < -0.4 is 5.73 Å². The summed E-state index contributed by atoms with van der Waals surface area (Å²) < 4.78 is 0. The number of nitrogens with two attached hydrogens (primary N) is 1. The molecule has 2 nitrogen and oxygen atoms in total. The highest BCUT2D eigenvalue weighted by Crippen LogP contribution is 2.08. The van der Waals surface area contributed by atoms with Crippen molar-refractivity contribution in [2.24, 2.45) is 5.73 Å². The van der Waals surface area contributed by atoms with Gasteiger partial charge in [0.1, 0.15) is 0 Å². The van der Waals surface area contributed by atoms with Gasteiger partial charge in [-0.15, -0.1) is 0 Å².